The van der Waals surface area contributed by atoms with Crippen LogP contribution in [0.2, 0.25) is 0 Å². The molecule has 0 aliphatic rings. The van der Waals surface area contributed by atoms with Crippen LogP contribution >= 0.6 is 0 Å². The Kier molecular flexibility index (Phi) is 9.22. The molecule has 0 saturated carbocycles. The number of benzene rings is 2. The fraction of sp³-hybridized carbons (Fsp3) is 0.308. The molecule has 0 bridgehead atoms. The van der Waals surface area contributed by atoms with Gasteiger partial charge >= 0.3 is 26.2 Å². The van der Waals surface area contributed by atoms with Gasteiger partial charge in [-0.25, -0.2) is 0 Å². The maximum atomic E-state index is 2.31. The summed E-state index contributed by atoms with van der Waals surface area (Å²) in [6.45, 7) is 4.48. The van der Waals surface area contributed by atoms with E-state index in [0.717, 1.165) is 0 Å². The molecule has 0 aromatic heterocycles. The maximum absolute atomic E-state index is 2.31. The van der Waals surface area contributed by atoms with Crippen LogP contribution in [-0.4, -0.2) is 0 Å². The van der Waals surface area contributed by atoms with Gasteiger partial charge in [-0.1, -0.05) is 51.7 Å². The Morgan fingerprint density at radius 1 is 0.630 bits per heavy atom. The van der Waals surface area contributed by atoms with Crippen molar-refractivity contribution in [1.82, 2.24) is 0 Å². The van der Waals surface area contributed by atoms with Gasteiger partial charge in [0.25, 0.3) is 0 Å². The molecule has 0 aliphatic heterocycles. The summed E-state index contributed by atoms with van der Waals surface area (Å²) in [4.78, 5) is 0. The zero-order valence-electron chi connectivity index (χ0n) is 16.7. The molecule has 0 saturated heterocycles. The summed E-state index contributed by atoms with van der Waals surface area (Å²) in [5.41, 5.74) is 2.98. The zero-order valence-corrected chi connectivity index (χ0v) is 19.1. The van der Waals surface area contributed by atoms with Crippen molar-refractivity contribution >= 4 is 21.5 Å². The average molecular weight is 434 g/mol. The van der Waals surface area contributed by atoms with Crippen molar-refractivity contribution in [2.24, 2.45) is 0 Å². The Balaban J connectivity index is 0.000000187. The summed E-state index contributed by atoms with van der Waals surface area (Å²) >= 11 is 0. The zero-order chi connectivity index (χ0) is 18.2. The summed E-state index contributed by atoms with van der Waals surface area (Å²) in [6, 6.07) is 26.4. The SMILES string of the molecule is CCCCc1cc2ccccc2[cH-]1.CCCCc1cc2ccccc2[cH-]1.[Zr+2]. The molecular formula is C26H30Zr. The average Bonchev–Trinajstić information content (AvgIpc) is 3.28. The van der Waals surface area contributed by atoms with E-state index in [0.29, 0.717) is 0 Å². The smallest absolute Gasteiger partial charge is 0.165 e. The fourth-order valence-corrected chi connectivity index (χ4v) is 3.48. The minimum Gasteiger partial charge on any atom is -0.165 e. The van der Waals surface area contributed by atoms with Gasteiger partial charge in [-0.05, 0) is 12.8 Å². The van der Waals surface area contributed by atoms with Crippen LogP contribution in [0.1, 0.15) is 50.7 Å². The Bertz CT molecular complexity index is 781. The molecule has 27 heavy (non-hydrogen) atoms. The molecule has 0 heterocycles. The van der Waals surface area contributed by atoms with Crippen LogP contribution in [0.3, 0.4) is 0 Å². The molecule has 0 atom stereocenters. The Morgan fingerprint density at radius 3 is 1.41 bits per heavy atom. The first kappa shape index (κ1) is 21.8. The van der Waals surface area contributed by atoms with E-state index in [1.165, 1.54) is 71.2 Å². The molecule has 0 aliphatic carbocycles. The second kappa shape index (κ2) is 11.4. The van der Waals surface area contributed by atoms with Crippen LogP contribution in [0.15, 0.2) is 72.8 Å². The molecule has 4 rings (SSSR count). The van der Waals surface area contributed by atoms with E-state index in [9.17, 15) is 0 Å². The van der Waals surface area contributed by atoms with Crippen molar-refractivity contribution in [1.29, 1.82) is 0 Å². The standard InChI is InChI=1S/2C13H15.Zr/c2*1-2-3-6-11-9-12-7-4-5-8-13(12)10-11;/h2*4-5,7-10H,2-3,6H2,1H3;/q2*-1;+2. The van der Waals surface area contributed by atoms with E-state index in [4.69, 9.17) is 0 Å². The second-order valence-corrected chi connectivity index (χ2v) is 7.19. The van der Waals surface area contributed by atoms with E-state index >= 15 is 0 Å². The predicted octanol–water partition coefficient (Wildman–Crippen LogP) is 7.80. The predicted molar refractivity (Wildman–Crippen MR) is 116 cm³/mol. The monoisotopic (exact) mass is 432 g/mol. The number of fused-ring (bicyclic) bond motifs is 2. The third-order valence-corrected chi connectivity index (χ3v) is 4.99. The molecule has 0 unspecified atom stereocenters. The first-order valence-corrected chi connectivity index (χ1v) is 10.1. The summed E-state index contributed by atoms with van der Waals surface area (Å²) in [5.74, 6) is 0. The van der Waals surface area contributed by atoms with Crippen molar-refractivity contribution in [2.45, 2.75) is 52.4 Å². The number of rotatable bonds is 6. The fourth-order valence-electron chi connectivity index (χ4n) is 3.48. The second-order valence-electron chi connectivity index (χ2n) is 7.19. The molecule has 0 fully saturated rings. The van der Waals surface area contributed by atoms with Crippen LogP contribution in [-0.2, 0) is 39.0 Å². The maximum Gasteiger partial charge on any atom is 2.00 e. The van der Waals surface area contributed by atoms with E-state index in [1.807, 2.05) is 0 Å². The Morgan fingerprint density at radius 2 is 1.04 bits per heavy atom. The number of hydrogen-bond acceptors (Lipinski definition) is 0. The Hall–Kier alpha value is -1.46. The molecule has 4 aromatic carbocycles. The van der Waals surface area contributed by atoms with Crippen LogP contribution in [0, 0.1) is 0 Å². The van der Waals surface area contributed by atoms with Crippen LogP contribution in [0.4, 0.5) is 0 Å². The van der Waals surface area contributed by atoms with Crippen molar-refractivity contribution in [3.8, 4) is 0 Å². The van der Waals surface area contributed by atoms with E-state index < -0.39 is 0 Å². The minimum absolute atomic E-state index is 0. The van der Waals surface area contributed by atoms with Gasteiger partial charge in [-0.2, -0.15) is 12.1 Å². The number of aryl methyl sites for hydroxylation is 2. The summed E-state index contributed by atoms with van der Waals surface area (Å²) in [6.07, 6.45) is 7.62. The molecule has 1 heteroatoms. The van der Waals surface area contributed by atoms with Gasteiger partial charge in [0.05, 0.1) is 0 Å². The van der Waals surface area contributed by atoms with Gasteiger partial charge in [-0.15, -0.1) is 81.2 Å². The third kappa shape index (κ3) is 6.29. The van der Waals surface area contributed by atoms with Crippen LogP contribution in [0.5, 0.6) is 0 Å². The van der Waals surface area contributed by atoms with Gasteiger partial charge in [-0.3, -0.25) is 0 Å². The van der Waals surface area contributed by atoms with E-state index in [-0.39, 0.29) is 26.2 Å². The van der Waals surface area contributed by atoms with Crippen molar-refractivity contribution in [2.75, 3.05) is 0 Å². The molecule has 0 N–H and O–H groups in total. The third-order valence-electron chi connectivity index (χ3n) is 4.99. The number of hydrogen-bond donors (Lipinski definition) is 0. The first-order chi connectivity index (χ1) is 12.8. The summed E-state index contributed by atoms with van der Waals surface area (Å²) in [5, 5.41) is 5.53. The molecule has 0 nitrogen and oxygen atoms in total. The summed E-state index contributed by atoms with van der Waals surface area (Å²) in [7, 11) is 0. The largest absolute Gasteiger partial charge is 2.00 e. The van der Waals surface area contributed by atoms with E-state index in [1.54, 1.807) is 0 Å². The van der Waals surface area contributed by atoms with Gasteiger partial charge in [0.1, 0.15) is 0 Å². The van der Waals surface area contributed by atoms with Crippen molar-refractivity contribution in [3.63, 3.8) is 0 Å². The molecule has 138 valence electrons. The molecule has 0 radical (unpaired) electrons. The topological polar surface area (TPSA) is 0 Å². The van der Waals surface area contributed by atoms with Crippen LogP contribution in [0.25, 0.3) is 21.5 Å². The Labute approximate surface area is 183 Å². The quantitative estimate of drug-likeness (QED) is 0.272. The van der Waals surface area contributed by atoms with E-state index in [2.05, 4.69) is 86.6 Å². The van der Waals surface area contributed by atoms with Crippen molar-refractivity contribution in [3.05, 3.63) is 83.9 Å². The van der Waals surface area contributed by atoms with Gasteiger partial charge < -0.3 is 0 Å². The summed E-state index contributed by atoms with van der Waals surface area (Å²) < 4.78 is 0. The van der Waals surface area contributed by atoms with Gasteiger partial charge in [0.2, 0.25) is 0 Å². The normalized spacial score (nSPS) is 10.4. The first-order valence-electron chi connectivity index (χ1n) is 10.1. The molecular weight excluding hydrogens is 404 g/mol. The van der Waals surface area contributed by atoms with Gasteiger partial charge in [0, 0.05) is 0 Å². The minimum atomic E-state index is 0. The van der Waals surface area contributed by atoms with Crippen LogP contribution < -0.4 is 0 Å². The molecule has 4 aromatic rings. The van der Waals surface area contributed by atoms with Crippen molar-refractivity contribution < 1.29 is 26.2 Å². The molecule has 0 amide bonds. The number of unbranched alkanes of at least 4 members (excludes halogenated alkanes) is 2. The van der Waals surface area contributed by atoms with Gasteiger partial charge in [0.15, 0.2) is 0 Å². The molecule has 0 spiro atoms.